The van der Waals surface area contributed by atoms with Gasteiger partial charge in [0.15, 0.2) is 0 Å². The third-order valence-electron chi connectivity index (χ3n) is 3.16. The van der Waals surface area contributed by atoms with E-state index in [4.69, 9.17) is 11.6 Å². The van der Waals surface area contributed by atoms with Gasteiger partial charge in [-0.05, 0) is 56.6 Å². The molecule has 1 aromatic rings. The number of aryl methyl sites for hydroxylation is 1. The van der Waals surface area contributed by atoms with Crippen molar-refractivity contribution in [2.75, 3.05) is 18.4 Å². The molecule has 0 aliphatic carbocycles. The van der Waals surface area contributed by atoms with E-state index in [-0.39, 0.29) is 11.8 Å². The van der Waals surface area contributed by atoms with Gasteiger partial charge in [0.25, 0.3) is 0 Å². The number of hydrogen-bond donors (Lipinski definition) is 2. The molecule has 2 N–H and O–H groups in total. The topological polar surface area (TPSA) is 41.1 Å². The number of piperidine rings is 1. The Labute approximate surface area is 107 Å². The smallest absolute Gasteiger partial charge is 0.227 e. The minimum absolute atomic E-state index is 0.122. The standard InChI is InChI=1S/C13H17ClN2O/c1-9-8-11(14)2-3-12(9)16-13(17)10-4-6-15-7-5-10/h2-3,8,10,15H,4-7H2,1H3,(H,16,17). The minimum atomic E-state index is 0.122. The van der Waals surface area contributed by atoms with Crippen molar-refractivity contribution in [1.82, 2.24) is 5.32 Å². The van der Waals surface area contributed by atoms with Crippen LogP contribution in [-0.2, 0) is 4.79 Å². The fraction of sp³-hybridized carbons (Fsp3) is 0.462. The summed E-state index contributed by atoms with van der Waals surface area (Å²) in [7, 11) is 0. The number of carbonyl (C=O) groups excluding carboxylic acids is 1. The monoisotopic (exact) mass is 252 g/mol. The molecule has 0 radical (unpaired) electrons. The summed E-state index contributed by atoms with van der Waals surface area (Å²) in [5.74, 6) is 0.253. The van der Waals surface area contributed by atoms with Gasteiger partial charge < -0.3 is 10.6 Å². The molecule has 0 aromatic heterocycles. The molecule has 1 aliphatic rings. The van der Waals surface area contributed by atoms with Crippen molar-refractivity contribution in [2.45, 2.75) is 19.8 Å². The van der Waals surface area contributed by atoms with Gasteiger partial charge in [0.2, 0.25) is 5.91 Å². The predicted octanol–water partition coefficient (Wildman–Crippen LogP) is 2.59. The van der Waals surface area contributed by atoms with Crippen molar-refractivity contribution in [3.05, 3.63) is 28.8 Å². The largest absolute Gasteiger partial charge is 0.326 e. The molecule has 0 unspecified atom stereocenters. The van der Waals surface area contributed by atoms with Gasteiger partial charge in [-0.15, -0.1) is 0 Å². The van der Waals surface area contributed by atoms with Crippen LogP contribution >= 0.6 is 11.6 Å². The van der Waals surface area contributed by atoms with Crippen molar-refractivity contribution in [2.24, 2.45) is 5.92 Å². The van der Waals surface area contributed by atoms with E-state index in [2.05, 4.69) is 10.6 Å². The van der Waals surface area contributed by atoms with Crippen LogP contribution in [0.5, 0.6) is 0 Å². The highest BCUT2D eigenvalue weighted by Gasteiger charge is 2.21. The highest BCUT2D eigenvalue weighted by Crippen LogP contribution is 2.21. The second-order valence-corrected chi connectivity index (χ2v) is 4.91. The molecule has 2 rings (SSSR count). The molecule has 17 heavy (non-hydrogen) atoms. The lowest BCUT2D eigenvalue weighted by atomic mass is 9.97. The van der Waals surface area contributed by atoms with Crippen molar-refractivity contribution in [3.8, 4) is 0 Å². The van der Waals surface area contributed by atoms with Gasteiger partial charge in [-0.3, -0.25) is 4.79 Å². The number of benzene rings is 1. The summed E-state index contributed by atoms with van der Waals surface area (Å²) in [5, 5.41) is 6.93. The molecule has 1 saturated heterocycles. The van der Waals surface area contributed by atoms with Crippen LogP contribution < -0.4 is 10.6 Å². The summed E-state index contributed by atoms with van der Waals surface area (Å²) in [6, 6.07) is 5.52. The Morgan fingerprint density at radius 3 is 2.76 bits per heavy atom. The Hall–Kier alpha value is -1.06. The van der Waals surface area contributed by atoms with Crippen LogP contribution in [0, 0.1) is 12.8 Å². The van der Waals surface area contributed by atoms with E-state index in [9.17, 15) is 4.79 Å². The van der Waals surface area contributed by atoms with E-state index in [0.29, 0.717) is 5.02 Å². The Morgan fingerprint density at radius 2 is 2.12 bits per heavy atom. The maximum absolute atomic E-state index is 12.0. The van der Waals surface area contributed by atoms with Crippen molar-refractivity contribution >= 4 is 23.2 Å². The average molecular weight is 253 g/mol. The van der Waals surface area contributed by atoms with Crippen molar-refractivity contribution < 1.29 is 4.79 Å². The Kier molecular flexibility index (Phi) is 4.02. The summed E-state index contributed by atoms with van der Waals surface area (Å²) in [6.45, 7) is 3.80. The summed E-state index contributed by atoms with van der Waals surface area (Å²) in [5.41, 5.74) is 1.86. The highest BCUT2D eigenvalue weighted by molar-refractivity contribution is 6.30. The lowest BCUT2D eigenvalue weighted by Crippen LogP contribution is -2.34. The quantitative estimate of drug-likeness (QED) is 0.850. The van der Waals surface area contributed by atoms with E-state index >= 15 is 0 Å². The molecule has 1 fully saturated rings. The zero-order valence-electron chi connectivity index (χ0n) is 9.92. The van der Waals surface area contributed by atoms with Crippen molar-refractivity contribution in [1.29, 1.82) is 0 Å². The van der Waals surface area contributed by atoms with Gasteiger partial charge in [-0.25, -0.2) is 0 Å². The average Bonchev–Trinajstić information content (AvgIpc) is 2.34. The number of nitrogens with one attached hydrogen (secondary N) is 2. The Balaban J connectivity index is 2.02. The zero-order chi connectivity index (χ0) is 12.3. The first kappa shape index (κ1) is 12.4. The van der Waals surface area contributed by atoms with Gasteiger partial charge in [-0.2, -0.15) is 0 Å². The van der Waals surface area contributed by atoms with Crippen LogP contribution in [0.4, 0.5) is 5.69 Å². The van der Waals surface area contributed by atoms with E-state index in [1.54, 1.807) is 6.07 Å². The second kappa shape index (κ2) is 5.52. The van der Waals surface area contributed by atoms with Crippen LogP contribution in [0.2, 0.25) is 5.02 Å². The van der Waals surface area contributed by atoms with Crippen LogP contribution in [0.3, 0.4) is 0 Å². The molecule has 92 valence electrons. The third-order valence-corrected chi connectivity index (χ3v) is 3.39. The van der Waals surface area contributed by atoms with Crippen LogP contribution in [-0.4, -0.2) is 19.0 Å². The van der Waals surface area contributed by atoms with E-state index < -0.39 is 0 Å². The normalized spacial score (nSPS) is 16.8. The first-order chi connectivity index (χ1) is 8.16. The Bertz CT molecular complexity index is 414. The second-order valence-electron chi connectivity index (χ2n) is 4.47. The molecule has 0 bridgehead atoms. The first-order valence-electron chi connectivity index (χ1n) is 5.94. The number of halogens is 1. The molecule has 3 nitrogen and oxygen atoms in total. The van der Waals surface area contributed by atoms with Gasteiger partial charge >= 0.3 is 0 Å². The first-order valence-corrected chi connectivity index (χ1v) is 6.32. The maximum Gasteiger partial charge on any atom is 0.227 e. The van der Waals surface area contributed by atoms with Crippen LogP contribution in [0.25, 0.3) is 0 Å². The zero-order valence-corrected chi connectivity index (χ0v) is 10.7. The molecule has 0 atom stereocenters. The van der Waals surface area contributed by atoms with Crippen LogP contribution in [0.1, 0.15) is 18.4 Å². The van der Waals surface area contributed by atoms with E-state index in [1.165, 1.54) is 0 Å². The predicted molar refractivity (Wildman–Crippen MR) is 70.4 cm³/mol. The number of carbonyl (C=O) groups is 1. The van der Waals surface area contributed by atoms with Gasteiger partial charge in [0.1, 0.15) is 0 Å². The Morgan fingerprint density at radius 1 is 1.41 bits per heavy atom. The fourth-order valence-electron chi connectivity index (χ4n) is 2.09. The van der Waals surface area contributed by atoms with Gasteiger partial charge in [0, 0.05) is 16.6 Å². The molecule has 1 aromatic carbocycles. The number of rotatable bonds is 2. The summed E-state index contributed by atoms with van der Waals surface area (Å²) in [4.78, 5) is 12.0. The molecule has 0 saturated carbocycles. The molecule has 1 amide bonds. The molecule has 1 heterocycles. The summed E-state index contributed by atoms with van der Waals surface area (Å²) in [6.07, 6.45) is 1.83. The lowest BCUT2D eigenvalue weighted by molar-refractivity contribution is -0.120. The summed E-state index contributed by atoms with van der Waals surface area (Å²) < 4.78 is 0. The molecule has 0 spiro atoms. The molecular weight excluding hydrogens is 236 g/mol. The number of amides is 1. The summed E-state index contributed by atoms with van der Waals surface area (Å²) >= 11 is 5.88. The molecule has 4 heteroatoms. The number of hydrogen-bond acceptors (Lipinski definition) is 2. The molecule has 1 aliphatic heterocycles. The van der Waals surface area contributed by atoms with Gasteiger partial charge in [0.05, 0.1) is 0 Å². The van der Waals surface area contributed by atoms with Crippen molar-refractivity contribution in [3.63, 3.8) is 0 Å². The van der Waals surface area contributed by atoms with E-state index in [0.717, 1.165) is 37.2 Å². The SMILES string of the molecule is Cc1cc(Cl)ccc1NC(=O)C1CCNCC1. The fourth-order valence-corrected chi connectivity index (χ4v) is 2.31. The minimum Gasteiger partial charge on any atom is -0.326 e. The van der Waals surface area contributed by atoms with Crippen LogP contribution in [0.15, 0.2) is 18.2 Å². The molecular formula is C13H17ClN2O. The number of anilines is 1. The van der Waals surface area contributed by atoms with Gasteiger partial charge in [-0.1, -0.05) is 11.6 Å². The maximum atomic E-state index is 12.0. The lowest BCUT2D eigenvalue weighted by Gasteiger charge is -2.22. The third kappa shape index (κ3) is 3.20. The highest BCUT2D eigenvalue weighted by atomic mass is 35.5. The van der Waals surface area contributed by atoms with E-state index in [1.807, 2.05) is 19.1 Å².